The summed E-state index contributed by atoms with van der Waals surface area (Å²) in [4.78, 5) is 43.0. The molecule has 2 amide bonds. The van der Waals surface area contributed by atoms with Gasteiger partial charge in [0.15, 0.2) is 5.43 Å². The van der Waals surface area contributed by atoms with E-state index in [1.165, 1.54) is 25.3 Å². The lowest BCUT2D eigenvalue weighted by atomic mass is 9.87. The van der Waals surface area contributed by atoms with Gasteiger partial charge >= 0.3 is 6.09 Å². The quantitative estimate of drug-likeness (QED) is 0.667. The molecule has 0 radical (unpaired) electrons. The summed E-state index contributed by atoms with van der Waals surface area (Å²) in [5.41, 5.74) is 0.777. The van der Waals surface area contributed by atoms with Crippen LogP contribution < -0.4 is 10.7 Å². The van der Waals surface area contributed by atoms with Crippen molar-refractivity contribution in [1.29, 1.82) is 0 Å². The maximum Gasteiger partial charge on any atom is 0.407 e. The fraction of sp³-hybridized carbons (Fsp3) is 0.500. The molecule has 2 N–H and O–H groups in total. The second-order valence-electron chi connectivity index (χ2n) is 8.35. The van der Waals surface area contributed by atoms with E-state index in [-0.39, 0.29) is 39.1 Å². The molecule has 31 heavy (non-hydrogen) atoms. The van der Waals surface area contributed by atoms with Gasteiger partial charge in [-0.05, 0) is 52.7 Å². The highest BCUT2D eigenvalue weighted by Crippen LogP contribution is 2.36. The average Bonchev–Trinajstić information content (AvgIpc) is 2.72. The molecule has 1 fully saturated rings. The number of nitrogens with zero attached hydrogens (tertiary/aromatic N) is 1. The number of hydrogen-bond donors (Lipinski definition) is 2. The summed E-state index contributed by atoms with van der Waals surface area (Å²) in [6.07, 6.45) is 1.04. The minimum atomic E-state index is -0.754. The van der Waals surface area contributed by atoms with Gasteiger partial charge in [-0.25, -0.2) is 9.18 Å². The van der Waals surface area contributed by atoms with E-state index in [2.05, 4.69) is 31.0 Å². The third-order valence-electron chi connectivity index (χ3n) is 5.82. The molecule has 1 saturated heterocycles. The maximum atomic E-state index is 13.9. The number of fused-ring (bicyclic) bond motifs is 1. The highest BCUT2D eigenvalue weighted by molar-refractivity contribution is 9.10. The van der Waals surface area contributed by atoms with Crippen molar-refractivity contribution in [2.45, 2.75) is 45.7 Å². The first kappa shape index (κ1) is 23.2. The number of piperidine rings is 1. The summed E-state index contributed by atoms with van der Waals surface area (Å²) in [7, 11) is 1.25. The molecule has 3 atom stereocenters. The SMILES string of the molecule is COC(=O)NC(C(=O)N1CCCC(C)C1c1cc(=O)c2cc(F)c(Br)cc2[nH]1)C(C)C. The van der Waals surface area contributed by atoms with E-state index in [1.54, 1.807) is 4.90 Å². The first-order valence-corrected chi connectivity index (χ1v) is 11.1. The van der Waals surface area contributed by atoms with Crippen molar-refractivity contribution in [3.05, 3.63) is 44.4 Å². The minimum absolute atomic E-state index is 0.0839. The predicted molar refractivity (Wildman–Crippen MR) is 119 cm³/mol. The largest absolute Gasteiger partial charge is 0.453 e. The van der Waals surface area contributed by atoms with E-state index in [9.17, 15) is 18.8 Å². The van der Waals surface area contributed by atoms with Gasteiger partial charge in [-0.2, -0.15) is 0 Å². The van der Waals surface area contributed by atoms with Gasteiger partial charge in [0.25, 0.3) is 0 Å². The number of hydrogen-bond acceptors (Lipinski definition) is 4. The number of nitrogens with one attached hydrogen (secondary N) is 2. The number of pyridine rings is 1. The van der Waals surface area contributed by atoms with Crippen LogP contribution in [0.2, 0.25) is 0 Å². The molecule has 0 aliphatic carbocycles. The lowest BCUT2D eigenvalue weighted by Crippen LogP contribution is -2.54. The van der Waals surface area contributed by atoms with Crippen LogP contribution in [-0.2, 0) is 9.53 Å². The zero-order chi connectivity index (χ0) is 22.9. The summed E-state index contributed by atoms with van der Waals surface area (Å²) >= 11 is 3.16. The Kier molecular flexibility index (Phi) is 7.03. The molecule has 7 nitrogen and oxygen atoms in total. The molecule has 1 aliphatic rings. The summed E-state index contributed by atoms with van der Waals surface area (Å²) in [5.74, 6) is -0.805. The van der Waals surface area contributed by atoms with E-state index < -0.39 is 18.0 Å². The van der Waals surface area contributed by atoms with Crippen molar-refractivity contribution in [2.75, 3.05) is 13.7 Å². The Labute approximate surface area is 188 Å². The zero-order valence-corrected chi connectivity index (χ0v) is 19.6. The highest BCUT2D eigenvalue weighted by atomic mass is 79.9. The number of likely N-dealkylation sites (tertiary alicyclic amines) is 1. The van der Waals surface area contributed by atoms with Crippen LogP contribution in [0, 0.1) is 17.7 Å². The molecular formula is C22H27BrFN3O4. The third-order valence-corrected chi connectivity index (χ3v) is 6.43. The molecule has 0 bridgehead atoms. The summed E-state index contributed by atoms with van der Waals surface area (Å²) in [6, 6.07) is 3.05. The summed E-state index contributed by atoms with van der Waals surface area (Å²) < 4.78 is 18.8. The topological polar surface area (TPSA) is 91.5 Å². The Bertz CT molecular complexity index is 1050. The Morgan fingerprint density at radius 3 is 2.68 bits per heavy atom. The molecule has 0 spiro atoms. The van der Waals surface area contributed by atoms with Crippen molar-refractivity contribution in [1.82, 2.24) is 15.2 Å². The molecule has 1 aromatic carbocycles. The first-order chi connectivity index (χ1) is 14.6. The van der Waals surface area contributed by atoms with Gasteiger partial charge in [-0.3, -0.25) is 9.59 Å². The van der Waals surface area contributed by atoms with Crippen LogP contribution in [0.3, 0.4) is 0 Å². The number of amides is 2. The summed E-state index contributed by atoms with van der Waals surface area (Å²) in [5, 5.41) is 2.88. The zero-order valence-electron chi connectivity index (χ0n) is 18.0. The Balaban J connectivity index is 2.04. The van der Waals surface area contributed by atoms with Crippen LogP contribution in [-0.4, -0.2) is 41.6 Å². The molecule has 3 rings (SSSR count). The van der Waals surface area contributed by atoms with Gasteiger partial charge in [-0.15, -0.1) is 0 Å². The molecule has 2 heterocycles. The van der Waals surface area contributed by atoms with Gasteiger partial charge in [0.1, 0.15) is 11.9 Å². The molecular weight excluding hydrogens is 469 g/mol. The van der Waals surface area contributed by atoms with Gasteiger partial charge in [-0.1, -0.05) is 20.8 Å². The lowest BCUT2D eigenvalue weighted by molar-refractivity contribution is -0.140. The van der Waals surface area contributed by atoms with Gasteiger partial charge in [0.2, 0.25) is 5.91 Å². The van der Waals surface area contributed by atoms with Crippen LogP contribution in [0.1, 0.15) is 45.3 Å². The molecule has 0 saturated carbocycles. The number of benzene rings is 1. The number of aromatic amines is 1. The Morgan fingerprint density at radius 1 is 1.32 bits per heavy atom. The van der Waals surface area contributed by atoms with Crippen molar-refractivity contribution >= 4 is 38.8 Å². The van der Waals surface area contributed by atoms with Crippen molar-refractivity contribution in [3.8, 4) is 0 Å². The number of aromatic nitrogens is 1. The molecule has 9 heteroatoms. The second-order valence-corrected chi connectivity index (χ2v) is 9.21. The lowest BCUT2D eigenvalue weighted by Gasteiger charge is -2.42. The minimum Gasteiger partial charge on any atom is -0.453 e. The molecule has 1 aliphatic heterocycles. The molecule has 2 aromatic rings. The normalized spacial score (nSPS) is 20.0. The number of alkyl carbamates (subject to hydrolysis) is 1. The van der Waals surface area contributed by atoms with Gasteiger partial charge in [0, 0.05) is 23.7 Å². The van der Waals surface area contributed by atoms with Crippen molar-refractivity contribution in [3.63, 3.8) is 0 Å². The fourth-order valence-corrected chi connectivity index (χ4v) is 4.55. The molecule has 168 valence electrons. The smallest absolute Gasteiger partial charge is 0.407 e. The van der Waals surface area contributed by atoms with E-state index in [0.29, 0.717) is 17.8 Å². The van der Waals surface area contributed by atoms with Crippen LogP contribution in [0.5, 0.6) is 0 Å². The number of carbonyl (C=O) groups excluding carboxylic acids is 2. The van der Waals surface area contributed by atoms with E-state index in [4.69, 9.17) is 0 Å². The Morgan fingerprint density at radius 2 is 2.03 bits per heavy atom. The van der Waals surface area contributed by atoms with Crippen LogP contribution in [0.25, 0.3) is 10.9 Å². The van der Waals surface area contributed by atoms with Crippen molar-refractivity contribution < 1.29 is 18.7 Å². The maximum absolute atomic E-state index is 13.9. The molecule has 3 unspecified atom stereocenters. The van der Waals surface area contributed by atoms with E-state index in [0.717, 1.165) is 12.8 Å². The van der Waals surface area contributed by atoms with Crippen LogP contribution in [0.4, 0.5) is 9.18 Å². The third kappa shape index (κ3) is 4.76. The van der Waals surface area contributed by atoms with E-state index in [1.807, 2.05) is 20.8 Å². The van der Waals surface area contributed by atoms with Crippen LogP contribution >= 0.6 is 15.9 Å². The fourth-order valence-electron chi connectivity index (χ4n) is 4.21. The number of H-pyrrole nitrogens is 1. The number of ether oxygens (including phenoxy) is 1. The second kappa shape index (κ2) is 9.38. The standard InChI is InChI=1S/C22H27BrFN3O4/c1-11(2)19(26-22(30)31-4)21(29)27-7-5-6-12(3)20(27)17-10-18(28)13-8-15(24)14(23)9-16(13)25-17/h8-12,19-20H,5-7H2,1-4H3,(H,25,28)(H,26,30). The van der Waals surface area contributed by atoms with Gasteiger partial charge in [0.05, 0.1) is 23.1 Å². The van der Waals surface area contributed by atoms with Gasteiger partial charge < -0.3 is 19.9 Å². The average molecular weight is 496 g/mol. The highest BCUT2D eigenvalue weighted by Gasteiger charge is 2.38. The summed E-state index contributed by atoms with van der Waals surface area (Å²) in [6.45, 7) is 6.24. The number of halogens is 2. The first-order valence-electron chi connectivity index (χ1n) is 10.3. The number of carbonyl (C=O) groups is 2. The van der Waals surface area contributed by atoms with Crippen LogP contribution in [0.15, 0.2) is 27.5 Å². The van der Waals surface area contributed by atoms with Crippen molar-refractivity contribution in [2.24, 2.45) is 11.8 Å². The van der Waals surface area contributed by atoms with E-state index >= 15 is 0 Å². The molecule has 1 aromatic heterocycles. The Hall–Kier alpha value is -2.42. The predicted octanol–water partition coefficient (Wildman–Crippen LogP) is 4.11. The monoisotopic (exact) mass is 495 g/mol. The number of rotatable bonds is 4. The number of methoxy groups -OCH3 is 1.